The molecule has 0 aromatic heterocycles. The molecule has 80 valence electrons. The molecule has 0 aliphatic heterocycles. The van der Waals surface area contributed by atoms with Crippen molar-refractivity contribution in [3.63, 3.8) is 0 Å². The molecule has 0 spiro atoms. The highest BCUT2D eigenvalue weighted by Crippen LogP contribution is 2.51. The SMILES string of the molecule is Brc1ccc(C23CCC(CC2)CC3)cc1. The van der Waals surface area contributed by atoms with E-state index < -0.39 is 0 Å². The van der Waals surface area contributed by atoms with Gasteiger partial charge in [0.15, 0.2) is 0 Å². The summed E-state index contributed by atoms with van der Waals surface area (Å²) in [4.78, 5) is 0. The summed E-state index contributed by atoms with van der Waals surface area (Å²) in [5, 5.41) is 0. The van der Waals surface area contributed by atoms with Gasteiger partial charge in [0.1, 0.15) is 0 Å². The van der Waals surface area contributed by atoms with E-state index in [4.69, 9.17) is 0 Å². The molecule has 3 aliphatic carbocycles. The average Bonchev–Trinajstić information content (AvgIpc) is 2.32. The molecule has 0 amide bonds. The van der Waals surface area contributed by atoms with E-state index in [0.717, 1.165) is 5.92 Å². The molecule has 3 saturated carbocycles. The molecule has 0 atom stereocenters. The Hall–Kier alpha value is -0.300. The summed E-state index contributed by atoms with van der Waals surface area (Å²) in [7, 11) is 0. The third kappa shape index (κ3) is 1.65. The maximum Gasteiger partial charge on any atom is 0.0175 e. The molecule has 0 heterocycles. The van der Waals surface area contributed by atoms with Gasteiger partial charge in [-0.3, -0.25) is 0 Å². The first kappa shape index (κ1) is 9.89. The van der Waals surface area contributed by atoms with Gasteiger partial charge in [0.2, 0.25) is 0 Å². The zero-order valence-electron chi connectivity index (χ0n) is 9.01. The topological polar surface area (TPSA) is 0 Å². The van der Waals surface area contributed by atoms with Crippen molar-refractivity contribution >= 4 is 15.9 Å². The molecule has 0 unspecified atom stereocenters. The highest BCUT2D eigenvalue weighted by atomic mass is 79.9. The molecule has 1 aromatic rings. The van der Waals surface area contributed by atoms with E-state index >= 15 is 0 Å². The molecular formula is C14H17Br. The van der Waals surface area contributed by atoms with Crippen molar-refractivity contribution in [2.75, 3.05) is 0 Å². The van der Waals surface area contributed by atoms with Gasteiger partial charge < -0.3 is 0 Å². The summed E-state index contributed by atoms with van der Waals surface area (Å²) in [6.07, 6.45) is 8.69. The van der Waals surface area contributed by atoms with Crippen molar-refractivity contribution in [1.29, 1.82) is 0 Å². The van der Waals surface area contributed by atoms with Crippen LogP contribution in [-0.2, 0) is 5.41 Å². The number of hydrogen-bond acceptors (Lipinski definition) is 0. The van der Waals surface area contributed by atoms with Gasteiger partial charge in [-0.1, -0.05) is 28.1 Å². The minimum Gasteiger partial charge on any atom is -0.0574 e. The quantitative estimate of drug-likeness (QED) is 0.692. The molecule has 0 nitrogen and oxygen atoms in total. The second kappa shape index (κ2) is 3.62. The lowest BCUT2D eigenvalue weighted by molar-refractivity contribution is 0.136. The Labute approximate surface area is 100 Å². The van der Waals surface area contributed by atoms with Crippen molar-refractivity contribution in [3.8, 4) is 0 Å². The standard InChI is InChI=1S/C14H17Br/c15-13-3-1-12(2-4-13)14-8-5-11(6-9-14)7-10-14/h1-4,11H,5-10H2. The highest BCUT2D eigenvalue weighted by Gasteiger charge is 2.41. The van der Waals surface area contributed by atoms with Gasteiger partial charge in [-0.05, 0) is 67.6 Å². The lowest BCUT2D eigenvalue weighted by Crippen LogP contribution is -2.37. The molecule has 0 N–H and O–H groups in total. The van der Waals surface area contributed by atoms with Crippen LogP contribution in [0.3, 0.4) is 0 Å². The summed E-state index contributed by atoms with van der Waals surface area (Å²) >= 11 is 3.52. The molecule has 0 radical (unpaired) electrons. The van der Waals surface area contributed by atoms with E-state index in [1.54, 1.807) is 5.56 Å². The van der Waals surface area contributed by atoms with Crippen LogP contribution in [0.5, 0.6) is 0 Å². The van der Waals surface area contributed by atoms with Gasteiger partial charge in [0.05, 0.1) is 0 Å². The monoisotopic (exact) mass is 264 g/mol. The van der Waals surface area contributed by atoms with Crippen LogP contribution in [0.4, 0.5) is 0 Å². The lowest BCUT2D eigenvalue weighted by Gasteiger charge is -2.47. The van der Waals surface area contributed by atoms with Crippen LogP contribution in [0.25, 0.3) is 0 Å². The van der Waals surface area contributed by atoms with Crippen LogP contribution in [0.1, 0.15) is 44.1 Å². The fourth-order valence-electron chi connectivity index (χ4n) is 3.49. The van der Waals surface area contributed by atoms with Crippen LogP contribution in [-0.4, -0.2) is 0 Å². The Bertz CT molecular complexity index is 330. The van der Waals surface area contributed by atoms with Gasteiger partial charge in [0.25, 0.3) is 0 Å². The molecule has 1 heteroatoms. The van der Waals surface area contributed by atoms with Crippen LogP contribution < -0.4 is 0 Å². The smallest absolute Gasteiger partial charge is 0.0175 e. The number of benzene rings is 1. The molecule has 3 fully saturated rings. The molecule has 15 heavy (non-hydrogen) atoms. The van der Waals surface area contributed by atoms with Gasteiger partial charge in [-0.25, -0.2) is 0 Å². The number of rotatable bonds is 1. The fraction of sp³-hybridized carbons (Fsp3) is 0.571. The molecule has 0 saturated heterocycles. The Morgan fingerprint density at radius 3 is 2.00 bits per heavy atom. The number of fused-ring (bicyclic) bond motifs is 3. The van der Waals surface area contributed by atoms with E-state index in [9.17, 15) is 0 Å². The van der Waals surface area contributed by atoms with E-state index in [1.165, 1.54) is 43.0 Å². The third-order valence-corrected chi connectivity index (χ3v) is 5.08. The van der Waals surface area contributed by atoms with E-state index in [2.05, 4.69) is 40.2 Å². The van der Waals surface area contributed by atoms with Crippen molar-refractivity contribution in [1.82, 2.24) is 0 Å². The van der Waals surface area contributed by atoms with Gasteiger partial charge in [-0.2, -0.15) is 0 Å². The van der Waals surface area contributed by atoms with E-state index in [1.807, 2.05) is 0 Å². The zero-order valence-corrected chi connectivity index (χ0v) is 10.6. The predicted molar refractivity (Wildman–Crippen MR) is 67.0 cm³/mol. The van der Waals surface area contributed by atoms with Crippen molar-refractivity contribution in [3.05, 3.63) is 34.3 Å². The van der Waals surface area contributed by atoms with Gasteiger partial charge in [-0.15, -0.1) is 0 Å². The summed E-state index contributed by atoms with van der Waals surface area (Å²) in [6, 6.07) is 9.06. The molecule has 2 bridgehead atoms. The predicted octanol–water partition coefficient (Wildman–Crippen LogP) is 4.67. The Kier molecular flexibility index (Phi) is 2.39. The number of halogens is 1. The molecule has 3 aliphatic rings. The third-order valence-electron chi connectivity index (χ3n) is 4.55. The van der Waals surface area contributed by atoms with Crippen LogP contribution in [0.15, 0.2) is 28.7 Å². The van der Waals surface area contributed by atoms with E-state index in [0.29, 0.717) is 5.41 Å². The average molecular weight is 265 g/mol. The Balaban J connectivity index is 1.94. The minimum atomic E-state index is 0.551. The first-order chi connectivity index (χ1) is 7.28. The van der Waals surface area contributed by atoms with Crippen LogP contribution >= 0.6 is 15.9 Å². The molecule has 4 rings (SSSR count). The summed E-state index contributed by atoms with van der Waals surface area (Å²) in [5.41, 5.74) is 2.14. The van der Waals surface area contributed by atoms with Crippen molar-refractivity contribution in [2.24, 2.45) is 5.92 Å². The van der Waals surface area contributed by atoms with Crippen molar-refractivity contribution in [2.45, 2.75) is 43.9 Å². The summed E-state index contributed by atoms with van der Waals surface area (Å²) in [6.45, 7) is 0. The summed E-state index contributed by atoms with van der Waals surface area (Å²) in [5.74, 6) is 1.06. The zero-order chi connectivity index (χ0) is 10.3. The first-order valence-electron chi connectivity index (χ1n) is 6.05. The fourth-order valence-corrected chi connectivity index (χ4v) is 3.75. The maximum atomic E-state index is 3.52. The maximum absolute atomic E-state index is 3.52. The van der Waals surface area contributed by atoms with Crippen molar-refractivity contribution < 1.29 is 0 Å². The Morgan fingerprint density at radius 2 is 1.47 bits per heavy atom. The van der Waals surface area contributed by atoms with Crippen LogP contribution in [0, 0.1) is 5.92 Å². The Morgan fingerprint density at radius 1 is 0.933 bits per heavy atom. The second-order valence-electron chi connectivity index (χ2n) is 5.27. The normalized spacial score (nSPS) is 34.3. The van der Waals surface area contributed by atoms with Gasteiger partial charge in [0, 0.05) is 4.47 Å². The number of hydrogen-bond donors (Lipinski definition) is 0. The van der Waals surface area contributed by atoms with Gasteiger partial charge >= 0.3 is 0 Å². The van der Waals surface area contributed by atoms with Crippen LogP contribution in [0.2, 0.25) is 0 Å². The minimum absolute atomic E-state index is 0.551. The largest absolute Gasteiger partial charge is 0.0574 e. The first-order valence-corrected chi connectivity index (χ1v) is 6.84. The van der Waals surface area contributed by atoms with E-state index in [-0.39, 0.29) is 0 Å². The molecule has 1 aromatic carbocycles. The summed E-state index contributed by atoms with van der Waals surface area (Å²) < 4.78 is 1.20. The highest BCUT2D eigenvalue weighted by molar-refractivity contribution is 9.10. The molecular weight excluding hydrogens is 248 g/mol. The lowest BCUT2D eigenvalue weighted by atomic mass is 9.58. The second-order valence-corrected chi connectivity index (χ2v) is 6.18.